The number of carboxylic acids is 1. The molecule has 1 aliphatic heterocycles. The summed E-state index contributed by atoms with van der Waals surface area (Å²) in [5, 5.41) is 9.21. The number of rotatable bonds is 3. The molecule has 2 rings (SSSR count). The molecule has 0 saturated carbocycles. The minimum absolute atomic E-state index is 0.199. The van der Waals surface area contributed by atoms with Gasteiger partial charge in [-0.2, -0.15) is 0 Å². The molecule has 1 aromatic rings. The van der Waals surface area contributed by atoms with Crippen LogP contribution < -0.4 is 0 Å². The van der Waals surface area contributed by atoms with Gasteiger partial charge in [0.1, 0.15) is 5.82 Å². The molecular weight excluding hydrogens is 257 g/mol. The van der Waals surface area contributed by atoms with Crippen LogP contribution in [0.25, 0.3) is 0 Å². The van der Waals surface area contributed by atoms with Crippen molar-refractivity contribution in [3.05, 3.63) is 35.1 Å². The summed E-state index contributed by atoms with van der Waals surface area (Å²) in [7, 11) is 0. The van der Waals surface area contributed by atoms with Gasteiger partial charge in [0.2, 0.25) is 0 Å². The Morgan fingerprint density at radius 2 is 2.10 bits per heavy atom. The molecule has 0 spiro atoms. The fraction of sp³-hybridized carbons (Fsp3) is 0.562. The number of likely N-dealkylation sites (tertiary alicyclic amines) is 1. The van der Waals surface area contributed by atoms with E-state index in [4.69, 9.17) is 0 Å². The number of aromatic carboxylic acids is 1. The van der Waals surface area contributed by atoms with Crippen molar-refractivity contribution in [2.75, 3.05) is 6.54 Å². The lowest BCUT2D eigenvalue weighted by Crippen LogP contribution is -2.45. The Balaban J connectivity index is 2.24. The molecule has 0 amide bonds. The molecule has 1 fully saturated rings. The zero-order chi connectivity index (χ0) is 14.9. The third kappa shape index (κ3) is 3.18. The lowest BCUT2D eigenvalue weighted by atomic mass is 9.85. The van der Waals surface area contributed by atoms with Gasteiger partial charge in [0.15, 0.2) is 0 Å². The van der Waals surface area contributed by atoms with Crippen molar-refractivity contribution in [2.45, 2.75) is 39.8 Å². The molecular formula is C16H22FNO2. The second kappa shape index (κ2) is 5.92. The smallest absolute Gasteiger partial charge is 0.336 e. The minimum Gasteiger partial charge on any atom is -0.478 e. The molecule has 0 bridgehead atoms. The zero-order valence-electron chi connectivity index (χ0n) is 12.3. The minimum atomic E-state index is -0.995. The van der Waals surface area contributed by atoms with Gasteiger partial charge in [0, 0.05) is 19.1 Å². The van der Waals surface area contributed by atoms with Gasteiger partial charge in [0.05, 0.1) is 5.56 Å². The van der Waals surface area contributed by atoms with Crippen LogP contribution in [-0.4, -0.2) is 28.6 Å². The van der Waals surface area contributed by atoms with Gasteiger partial charge in [-0.05, 0) is 48.9 Å². The Hall–Kier alpha value is -1.42. The van der Waals surface area contributed by atoms with E-state index in [0.717, 1.165) is 6.54 Å². The summed E-state index contributed by atoms with van der Waals surface area (Å²) in [5.74, 6) is -0.217. The lowest BCUT2D eigenvalue weighted by Gasteiger charge is -2.41. The quantitative estimate of drug-likeness (QED) is 0.922. The molecule has 4 heteroatoms. The third-order valence-corrected chi connectivity index (χ3v) is 4.39. The zero-order valence-corrected chi connectivity index (χ0v) is 12.3. The first-order chi connectivity index (χ1) is 9.38. The second-order valence-electron chi connectivity index (χ2n) is 6.09. The highest BCUT2D eigenvalue weighted by Crippen LogP contribution is 2.28. The van der Waals surface area contributed by atoms with Crippen molar-refractivity contribution in [3.8, 4) is 0 Å². The van der Waals surface area contributed by atoms with Crippen LogP contribution >= 0.6 is 0 Å². The van der Waals surface area contributed by atoms with E-state index in [1.54, 1.807) is 0 Å². The van der Waals surface area contributed by atoms with Gasteiger partial charge in [-0.15, -0.1) is 0 Å². The maximum atomic E-state index is 13.4. The SMILES string of the molecule is CC1CC(C)C(C)N(Cc2cc(F)ccc2C(=O)O)C1. The predicted octanol–water partition coefficient (Wildman–Crippen LogP) is 3.39. The van der Waals surface area contributed by atoms with Gasteiger partial charge in [-0.25, -0.2) is 9.18 Å². The summed E-state index contributed by atoms with van der Waals surface area (Å²) in [6.45, 7) is 8.02. The third-order valence-electron chi connectivity index (χ3n) is 4.39. The summed E-state index contributed by atoms with van der Waals surface area (Å²) >= 11 is 0. The number of nitrogens with zero attached hydrogens (tertiary/aromatic N) is 1. The van der Waals surface area contributed by atoms with Gasteiger partial charge < -0.3 is 5.11 Å². The van der Waals surface area contributed by atoms with Crippen LogP contribution in [0.15, 0.2) is 18.2 Å². The molecule has 1 saturated heterocycles. The standard InChI is InChI=1S/C16H22FNO2/c1-10-6-11(2)12(3)18(8-10)9-13-7-14(17)4-5-15(13)16(19)20/h4-5,7,10-12H,6,8-9H2,1-3H3,(H,19,20). The first kappa shape index (κ1) is 15.0. The van der Waals surface area contributed by atoms with Gasteiger partial charge >= 0.3 is 5.97 Å². The van der Waals surface area contributed by atoms with E-state index in [0.29, 0.717) is 30.0 Å². The van der Waals surface area contributed by atoms with E-state index in [2.05, 4.69) is 25.7 Å². The Labute approximate surface area is 119 Å². The largest absolute Gasteiger partial charge is 0.478 e. The molecule has 0 aliphatic carbocycles. The molecule has 3 atom stereocenters. The Morgan fingerprint density at radius 3 is 2.75 bits per heavy atom. The summed E-state index contributed by atoms with van der Waals surface area (Å²) in [4.78, 5) is 13.5. The molecule has 0 radical (unpaired) electrons. The predicted molar refractivity (Wildman–Crippen MR) is 76.2 cm³/mol. The molecule has 1 heterocycles. The Morgan fingerprint density at radius 1 is 1.40 bits per heavy atom. The summed E-state index contributed by atoms with van der Waals surface area (Å²) in [6.07, 6.45) is 1.19. The number of carboxylic acid groups (broad SMARTS) is 1. The number of carbonyl (C=O) groups is 1. The number of hydrogen-bond donors (Lipinski definition) is 1. The van der Waals surface area contributed by atoms with Gasteiger partial charge in [-0.1, -0.05) is 13.8 Å². The van der Waals surface area contributed by atoms with Crippen LogP contribution in [0.4, 0.5) is 4.39 Å². The maximum Gasteiger partial charge on any atom is 0.336 e. The number of piperidine rings is 1. The highest BCUT2D eigenvalue weighted by Gasteiger charge is 2.29. The van der Waals surface area contributed by atoms with Crippen LogP contribution in [0.2, 0.25) is 0 Å². The lowest BCUT2D eigenvalue weighted by molar-refractivity contribution is 0.0664. The number of benzene rings is 1. The van der Waals surface area contributed by atoms with Crippen LogP contribution in [0, 0.1) is 17.7 Å². The van der Waals surface area contributed by atoms with E-state index >= 15 is 0 Å². The summed E-state index contributed by atoms with van der Waals surface area (Å²) < 4.78 is 13.4. The molecule has 20 heavy (non-hydrogen) atoms. The van der Waals surface area contributed by atoms with E-state index in [1.165, 1.54) is 24.6 Å². The van der Waals surface area contributed by atoms with E-state index in [-0.39, 0.29) is 11.4 Å². The summed E-state index contributed by atoms with van der Waals surface area (Å²) in [6, 6.07) is 4.29. The molecule has 1 aromatic carbocycles. The van der Waals surface area contributed by atoms with Crippen molar-refractivity contribution in [3.63, 3.8) is 0 Å². The average molecular weight is 279 g/mol. The Bertz CT molecular complexity index is 503. The molecule has 1 aliphatic rings. The maximum absolute atomic E-state index is 13.4. The normalized spacial score (nSPS) is 27.5. The van der Waals surface area contributed by atoms with Crippen molar-refractivity contribution in [2.24, 2.45) is 11.8 Å². The molecule has 110 valence electrons. The van der Waals surface area contributed by atoms with Crippen molar-refractivity contribution >= 4 is 5.97 Å². The highest BCUT2D eigenvalue weighted by atomic mass is 19.1. The van der Waals surface area contributed by atoms with Crippen LogP contribution in [-0.2, 0) is 6.54 Å². The first-order valence-corrected chi connectivity index (χ1v) is 7.14. The van der Waals surface area contributed by atoms with E-state index in [1.807, 2.05) is 0 Å². The van der Waals surface area contributed by atoms with E-state index in [9.17, 15) is 14.3 Å². The van der Waals surface area contributed by atoms with Crippen molar-refractivity contribution < 1.29 is 14.3 Å². The highest BCUT2D eigenvalue weighted by molar-refractivity contribution is 5.89. The van der Waals surface area contributed by atoms with E-state index < -0.39 is 5.97 Å². The van der Waals surface area contributed by atoms with Crippen LogP contribution in [0.5, 0.6) is 0 Å². The fourth-order valence-electron chi connectivity index (χ4n) is 3.16. The molecule has 1 N–H and O–H groups in total. The van der Waals surface area contributed by atoms with Gasteiger partial charge in [-0.3, -0.25) is 4.90 Å². The van der Waals surface area contributed by atoms with Crippen LogP contribution in [0.1, 0.15) is 43.1 Å². The first-order valence-electron chi connectivity index (χ1n) is 7.14. The Kier molecular flexibility index (Phi) is 4.43. The number of hydrogen-bond acceptors (Lipinski definition) is 2. The average Bonchev–Trinajstić information content (AvgIpc) is 2.35. The molecule has 3 unspecified atom stereocenters. The van der Waals surface area contributed by atoms with Crippen LogP contribution in [0.3, 0.4) is 0 Å². The summed E-state index contributed by atoms with van der Waals surface area (Å²) in [5.41, 5.74) is 0.759. The number of halogens is 1. The molecule has 0 aromatic heterocycles. The monoisotopic (exact) mass is 279 g/mol. The van der Waals surface area contributed by atoms with Crippen molar-refractivity contribution in [1.82, 2.24) is 4.90 Å². The molecule has 3 nitrogen and oxygen atoms in total. The van der Waals surface area contributed by atoms with Gasteiger partial charge in [0.25, 0.3) is 0 Å². The second-order valence-corrected chi connectivity index (χ2v) is 6.09. The topological polar surface area (TPSA) is 40.5 Å². The fourth-order valence-corrected chi connectivity index (χ4v) is 3.16. The van der Waals surface area contributed by atoms with Crippen molar-refractivity contribution in [1.29, 1.82) is 0 Å².